The van der Waals surface area contributed by atoms with Gasteiger partial charge in [-0.1, -0.05) is 32.9 Å². The second-order valence-corrected chi connectivity index (χ2v) is 7.01. The van der Waals surface area contributed by atoms with Crippen LogP contribution in [0, 0.1) is 17.3 Å². The van der Waals surface area contributed by atoms with Crippen molar-refractivity contribution in [3.63, 3.8) is 0 Å². The quantitative estimate of drug-likeness (QED) is 0.626. The van der Waals surface area contributed by atoms with Crippen molar-refractivity contribution in [3.05, 3.63) is 12.2 Å². The number of hydrogen-bond donors (Lipinski definition) is 3. The average Bonchev–Trinajstić information content (AvgIpc) is 2.27. The summed E-state index contributed by atoms with van der Waals surface area (Å²) in [5.41, 5.74) is -2.12. The third kappa shape index (κ3) is 1.93. The van der Waals surface area contributed by atoms with E-state index in [1.807, 2.05) is 39.8 Å². The van der Waals surface area contributed by atoms with E-state index in [9.17, 15) is 15.3 Å². The fourth-order valence-electron chi connectivity index (χ4n) is 3.63. The van der Waals surface area contributed by atoms with Crippen LogP contribution in [0.2, 0.25) is 0 Å². The van der Waals surface area contributed by atoms with Gasteiger partial charge in [-0.05, 0) is 32.1 Å². The zero-order chi connectivity index (χ0) is 13.8. The van der Waals surface area contributed by atoms with Gasteiger partial charge < -0.3 is 15.3 Å². The van der Waals surface area contributed by atoms with Gasteiger partial charge in [0.2, 0.25) is 0 Å². The van der Waals surface area contributed by atoms with Gasteiger partial charge in [0.05, 0.1) is 17.3 Å². The van der Waals surface area contributed by atoms with E-state index in [0.717, 1.165) is 0 Å². The number of aliphatic hydroxyl groups is 3. The molecule has 0 bridgehead atoms. The van der Waals surface area contributed by atoms with Crippen LogP contribution in [0.3, 0.4) is 0 Å². The van der Waals surface area contributed by atoms with Crippen molar-refractivity contribution in [1.82, 2.24) is 0 Å². The number of hydrogen-bond acceptors (Lipinski definition) is 3. The van der Waals surface area contributed by atoms with E-state index in [2.05, 4.69) is 0 Å². The van der Waals surface area contributed by atoms with Gasteiger partial charge in [0.1, 0.15) is 0 Å². The largest absolute Gasteiger partial charge is 0.392 e. The monoisotopic (exact) mass is 254 g/mol. The zero-order valence-corrected chi connectivity index (χ0v) is 11.8. The molecule has 0 aromatic rings. The summed E-state index contributed by atoms with van der Waals surface area (Å²) in [5.74, 6) is -0.000630. The van der Waals surface area contributed by atoms with E-state index >= 15 is 0 Å². The van der Waals surface area contributed by atoms with Crippen LogP contribution in [0.4, 0.5) is 0 Å². The van der Waals surface area contributed by atoms with Crippen molar-refractivity contribution in [2.24, 2.45) is 17.3 Å². The standard InChI is InChI=1S/C15H26O3/c1-10(2)15(18)8-7-13(3)11(9-15)14(4,17)6-5-12(13)16/h7-8,10-12,16-18H,5-6,9H2,1-4H3/t11-,12-,13-,14+,15+/m1/s1. The molecule has 2 aliphatic carbocycles. The van der Waals surface area contributed by atoms with Crippen LogP contribution in [0.1, 0.15) is 47.0 Å². The molecule has 18 heavy (non-hydrogen) atoms. The van der Waals surface area contributed by atoms with Crippen LogP contribution in [0.15, 0.2) is 12.2 Å². The Balaban J connectivity index is 2.42. The van der Waals surface area contributed by atoms with Gasteiger partial charge in [0.25, 0.3) is 0 Å². The van der Waals surface area contributed by atoms with Crippen LogP contribution < -0.4 is 0 Å². The minimum atomic E-state index is -0.870. The summed E-state index contributed by atoms with van der Waals surface area (Å²) < 4.78 is 0. The number of fused-ring (bicyclic) bond motifs is 1. The SMILES string of the molecule is CC(C)[C@]1(O)C=C[C@@]2(C)[C@H](O)CC[C@](C)(O)[C@@H]2C1. The second kappa shape index (κ2) is 4.06. The lowest BCUT2D eigenvalue weighted by atomic mass is 9.53. The van der Waals surface area contributed by atoms with Crippen LogP contribution >= 0.6 is 0 Å². The normalized spacial score (nSPS) is 52.4. The highest BCUT2D eigenvalue weighted by Crippen LogP contribution is 2.54. The van der Waals surface area contributed by atoms with Crippen LogP contribution in [-0.4, -0.2) is 32.6 Å². The summed E-state index contributed by atoms with van der Waals surface area (Å²) >= 11 is 0. The summed E-state index contributed by atoms with van der Waals surface area (Å²) in [6, 6.07) is 0. The van der Waals surface area contributed by atoms with Gasteiger partial charge in [0.15, 0.2) is 0 Å². The minimum absolute atomic E-state index is 0.105. The third-order valence-electron chi connectivity index (χ3n) is 5.41. The zero-order valence-electron chi connectivity index (χ0n) is 11.8. The molecular formula is C15H26O3. The molecule has 0 amide bonds. The smallest absolute Gasteiger partial charge is 0.0854 e. The summed E-state index contributed by atoms with van der Waals surface area (Å²) in [6.45, 7) is 7.80. The van der Waals surface area contributed by atoms with Crippen molar-refractivity contribution < 1.29 is 15.3 Å². The molecule has 3 heteroatoms. The summed E-state index contributed by atoms with van der Waals surface area (Å²) in [4.78, 5) is 0. The lowest BCUT2D eigenvalue weighted by Gasteiger charge is -2.55. The predicted octanol–water partition coefficient (Wildman–Crippen LogP) is 1.86. The molecule has 0 radical (unpaired) electrons. The summed E-state index contributed by atoms with van der Waals surface area (Å²) in [6.07, 6.45) is 5.05. The summed E-state index contributed by atoms with van der Waals surface area (Å²) in [7, 11) is 0. The fourth-order valence-corrected chi connectivity index (χ4v) is 3.63. The molecule has 0 aromatic heterocycles. The van der Waals surface area contributed by atoms with Gasteiger partial charge in [-0.25, -0.2) is 0 Å². The van der Waals surface area contributed by atoms with Gasteiger partial charge in [0, 0.05) is 11.3 Å². The van der Waals surface area contributed by atoms with Crippen molar-refractivity contribution in [2.45, 2.75) is 64.3 Å². The Morgan fingerprint density at radius 3 is 2.33 bits per heavy atom. The van der Waals surface area contributed by atoms with E-state index in [-0.39, 0.29) is 11.8 Å². The molecule has 0 spiro atoms. The molecule has 0 heterocycles. The first-order valence-corrected chi connectivity index (χ1v) is 6.95. The Morgan fingerprint density at radius 2 is 1.78 bits per heavy atom. The minimum Gasteiger partial charge on any atom is -0.392 e. The van der Waals surface area contributed by atoms with E-state index < -0.39 is 22.7 Å². The summed E-state index contributed by atoms with van der Waals surface area (Å²) in [5, 5.41) is 31.5. The van der Waals surface area contributed by atoms with Gasteiger partial charge >= 0.3 is 0 Å². The Kier molecular flexibility index (Phi) is 3.16. The van der Waals surface area contributed by atoms with Crippen LogP contribution in [0.25, 0.3) is 0 Å². The Hall–Kier alpha value is -0.380. The molecule has 2 aliphatic rings. The predicted molar refractivity (Wildman–Crippen MR) is 71.0 cm³/mol. The Morgan fingerprint density at radius 1 is 1.17 bits per heavy atom. The van der Waals surface area contributed by atoms with Crippen molar-refractivity contribution in [2.75, 3.05) is 0 Å². The maximum atomic E-state index is 10.6. The third-order valence-corrected chi connectivity index (χ3v) is 5.41. The maximum absolute atomic E-state index is 10.6. The van der Waals surface area contributed by atoms with Crippen molar-refractivity contribution in [1.29, 1.82) is 0 Å². The molecule has 3 nitrogen and oxygen atoms in total. The molecule has 0 aliphatic heterocycles. The lowest BCUT2D eigenvalue weighted by Crippen LogP contribution is -2.59. The highest BCUT2D eigenvalue weighted by atomic mass is 16.3. The fraction of sp³-hybridized carbons (Fsp3) is 0.867. The van der Waals surface area contributed by atoms with E-state index in [1.165, 1.54) is 0 Å². The van der Waals surface area contributed by atoms with Crippen LogP contribution in [-0.2, 0) is 0 Å². The molecular weight excluding hydrogens is 228 g/mol. The topological polar surface area (TPSA) is 60.7 Å². The first-order chi connectivity index (χ1) is 8.12. The average molecular weight is 254 g/mol. The van der Waals surface area contributed by atoms with Crippen molar-refractivity contribution in [3.8, 4) is 0 Å². The second-order valence-electron chi connectivity index (χ2n) is 7.01. The van der Waals surface area contributed by atoms with Gasteiger partial charge in [-0.3, -0.25) is 0 Å². The van der Waals surface area contributed by atoms with E-state index in [4.69, 9.17) is 0 Å². The van der Waals surface area contributed by atoms with Gasteiger partial charge in [-0.15, -0.1) is 0 Å². The highest BCUT2D eigenvalue weighted by molar-refractivity contribution is 5.22. The molecule has 0 unspecified atom stereocenters. The van der Waals surface area contributed by atoms with E-state index in [0.29, 0.717) is 19.3 Å². The lowest BCUT2D eigenvalue weighted by molar-refractivity contribution is -0.161. The number of rotatable bonds is 1. The molecule has 1 saturated carbocycles. The number of aliphatic hydroxyl groups excluding tert-OH is 1. The first kappa shape index (κ1) is 14.0. The molecule has 5 atom stereocenters. The van der Waals surface area contributed by atoms with E-state index in [1.54, 1.807) is 0 Å². The van der Waals surface area contributed by atoms with Crippen LogP contribution in [0.5, 0.6) is 0 Å². The molecule has 2 rings (SSSR count). The molecule has 3 N–H and O–H groups in total. The highest BCUT2D eigenvalue weighted by Gasteiger charge is 2.56. The molecule has 104 valence electrons. The molecule has 0 aromatic carbocycles. The Bertz CT molecular complexity index is 361. The van der Waals surface area contributed by atoms with Crippen molar-refractivity contribution >= 4 is 0 Å². The molecule has 0 saturated heterocycles. The Labute approximate surface area is 110 Å². The maximum Gasteiger partial charge on any atom is 0.0854 e. The molecule has 1 fully saturated rings. The first-order valence-electron chi connectivity index (χ1n) is 6.95. The van der Waals surface area contributed by atoms with Gasteiger partial charge in [-0.2, -0.15) is 0 Å².